The van der Waals surface area contributed by atoms with Crippen molar-refractivity contribution in [3.05, 3.63) is 42.4 Å². The van der Waals surface area contributed by atoms with Crippen molar-refractivity contribution < 1.29 is 0 Å². The van der Waals surface area contributed by atoms with E-state index in [1.165, 1.54) is 16.8 Å². The monoisotopic (exact) mass is 270 g/mol. The topological polar surface area (TPSA) is 33.1 Å². The number of nitrogens with zero attached hydrogens (tertiary/aromatic N) is 3. The van der Waals surface area contributed by atoms with E-state index in [1.807, 2.05) is 12.5 Å². The zero-order chi connectivity index (χ0) is 13.8. The summed E-state index contributed by atoms with van der Waals surface area (Å²) in [6.45, 7) is 8.73. The summed E-state index contributed by atoms with van der Waals surface area (Å²) in [4.78, 5) is 6.83. The highest BCUT2D eigenvalue weighted by molar-refractivity contribution is 5.59. The van der Waals surface area contributed by atoms with Gasteiger partial charge in [-0.3, -0.25) is 4.90 Å². The number of aryl methyl sites for hydroxylation is 1. The van der Waals surface area contributed by atoms with Crippen LogP contribution in [0.15, 0.2) is 36.8 Å². The summed E-state index contributed by atoms with van der Waals surface area (Å²) in [5.41, 5.74) is 3.75. The second-order valence-corrected chi connectivity index (χ2v) is 5.43. The molecule has 0 spiro atoms. The fourth-order valence-corrected chi connectivity index (χ4v) is 2.73. The first-order valence-electron chi connectivity index (χ1n) is 7.33. The molecule has 1 aromatic heterocycles. The van der Waals surface area contributed by atoms with Crippen molar-refractivity contribution in [2.24, 2.45) is 0 Å². The summed E-state index contributed by atoms with van der Waals surface area (Å²) in [6.07, 6.45) is 3.91. The molecule has 1 aliphatic heterocycles. The number of nitrogens with one attached hydrogen (secondary N) is 1. The molecule has 2 aromatic rings. The molecule has 2 heterocycles. The third-order valence-corrected chi connectivity index (χ3v) is 3.89. The average Bonchev–Trinajstić information content (AvgIpc) is 2.95. The third kappa shape index (κ3) is 3.08. The number of benzene rings is 1. The second kappa shape index (κ2) is 6.20. The second-order valence-electron chi connectivity index (χ2n) is 5.43. The SMILES string of the molecule is Cc1cccc(-c2cncn2CCN2CCNCC2)c1. The lowest BCUT2D eigenvalue weighted by Gasteiger charge is -2.27. The van der Waals surface area contributed by atoms with Gasteiger partial charge in [0.1, 0.15) is 0 Å². The number of hydrogen-bond donors (Lipinski definition) is 1. The Labute approximate surface area is 120 Å². The van der Waals surface area contributed by atoms with Crippen LogP contribution in [0.2, 0.25) is 0 Å². The van der Waals surface area contributed by atoms with E-state index in [1.54, 1.807) is 0 Å². The Bertz CT molecular complexity index is 555. The van der Waals surface area contributed by atoms with Crippen LogP contribution in [0.5, 0.6) is 0 Å². The molecule has 4 nitrogen and oxygen atoms in total. The first kappa shape index (κ1) is 13.3. The third-order valence-electron chi connectivity index (χ3n) is 3.89. The lowest BCUT2D eigenvalue weighted by molar-refractivity contribution is 0.233. The molecule has 3 rings (SSSR count). The summed E-state index contributed by atoms with van der Waals surface area (Å²) in [6, 6.07) is 8.62. The Kier molecular flexibility index (Phi) is 4.14. The molecular formula is C16H22N4. The van der Waals surface area contributed by atoms with Crippen molar-refractivity contribution in [3.63, 3.8) is 0 Å². The molecule has 0 amide bonds. The number of hydrogen-bond acceptors (Lipinski definition) is 3. The van der Waals surface area contributed by atoms with Gasteiger partial charge < -0.3 is 9.88 Å². The van der Waals surface area contributed by atoms with E-state index in [4.69, 9.17) is 0 Å². The largest absolute Gasteiger partial charge is 0.329 e. The molecular weight excluding hydrogens is 248 g/mol. The van der Waals surface area contributed by atoms with Crippen LogP contribution < -0.4 is 5.32 Å². The minimum Gasteiger partial charge on any atom is -0.329 e. The molecule has 20 heavy (non-hydrogen) atoms. The molecule has 106 valence electrons. The van der Waals surface area contributed by atoms with Gasteiger partial charge in [0, 0.05) is 44.8 Å². The molecule has 1 N–H and O–H groups in total. The highest BCUT2D eigenvalue weighted by Gasteiger charge is 2.10. The zero-order valence-electron chi connectivity index (χ0n) is 12.0. The molecule has 4 heteroatoms. The van der Waals surface area contributed by atoms with Crippen molar-refractivity contribution in [2.45, 2.75) is 13.5 Å². The highest BCUT2D eigenvalue weighted by Crippen LogP contribution is 2.20. The van der Waals surface area contributed by atoms with E-state index in [2.05, 4.69) is 51.0 Å². The Morgan fingerprint density at radius 1 is 1.20 bits per heavy atom. The Hall–Kier alpha value is -1.65. The quantitative estimate of drug-likeness (QED) is 0.919. The van der Waals surface area contributed by atoms with Crippen LogP contribution in [0.3, 0.4) is 0 Å². The summed E-state index contributed by atoms with van der Waals surface area (Å²) in [7, 11) is 0. The minimum absolute atomic E-state index is 1.00. The molecule has 1 saturated heterocycles. The molecule has 1 aliphatic rings. The maximum atomic E-state index is 4.32. The fourth-order valence-electron chi connectivity index (χ4n) is 2.73. The first-order valence-corrected chi connectivity index (χ1v) is 7.33. The molecule has 0 bridgehead atoms. The summed E-state index contributed by atoms with van der Waals surface area (Å²) in [5.74, 6) is 0. The molecule has 0 radical (unpaired) electrons. The molecule has 0 saturated carbocycles. The summed E-state index contributed by atoms with van der Waals surface area (Å²) in [5, 5.41) is 3.39. The van der Waals surface area contributed by atoms with Crippen molar-refractivity contribution in [2.75, 3.05) is 32.7 Å². The van der Waals surface area contributed by atoms with E-state index >= 15 is 0 Å². The van der Waals surface area contributed by atoms with Crippen LogP contribution in [0, 0.1) is 6.92 Å². The molecule has 1 fully saturated rings. The first-order chi connectivity index (χ1) is 9.83. The molecule has 1 aromatic carbocycles. The smallest absolute Gasteiger partial charge is 0.0951 e. The standard InChI is InChI=1S/C16H22N4/c1-14-3-2-4-15(11-14)16-12-18-13-20(16)10-9-19-7-5-17-6-8-19/h2-4,11-13,17H,5-10H2,1H3. The maximum absolute atomic E-state index is 4.32. The van der Waals surface area contributed by atoms with Gasteiger partial charge in [0.25, 0.3) is 0 Å². The number of piperazine rings is 1. The molecule has 0 atom stereocenters. The van der Waals surface area contributed by atoms with Crippen LogP contribution in [0.4, 0.5) is 0 Å². The van der Waals surface area contributed by atoms with E-state index < -0.39 is 0 Å². The van der Waals surface area contributed by atoms with E-state index in [-0.39, 0.29) is 0 Å². The van der Waals surface area contributed by atoms with E-state index in [0.717, 1.165) is 39.3 Å². The molecule has 0 unspecified atom stereocenters. The normalized spacial score (nSPS) is 16.4. The van der Waals surface area contributed by atoms with Crippen molar-refractivity contribution in [3.8, 4) is 11.3 Å². The fraction of sp³-hybridized carbons (Fsp3) is 0.438. The highest BCUT2D eigenvalue weighted by atomic mass is 15.2. The maximum Gasteiger partial charge on any atom is 0.0951 e. The van der Waals surface area contributed by atoms with Gasteiger partial charge in [0.05, 0.1) is 18.2 Å². The predicted octanol–water partition coefficient (Wildman–Crippen LogP) is 1.76. The van der Waals surface area contributed by atoms with Gasteiger partial charge in [0.15, 0.2) is 0 Å². The number of imidazole rings is 1. The Balaban J connectivity index is 1.70. The van der Waals surface area contributed by atoms with Gasteiger partial charge in [-0.25, -0.2) is 4.98 Å². The number of rotatable bonds is 4. The van der Waals surface area contributed by atoms with Crippen molar-refractivity contribution in [1.82, 2.24) is 19.8 Å². The van der Waals surface area contributed by atoms with Gasteiger partial charge in [-0.2, -0.15) is 0 Å². The van der Waals surface area contributed by atoms with Crippen molar-refractivity contribution in [1.29, 1.82) is 0 Å². The lowest BCUT2D eigenvalue weighted by Crippen LogP contribution is -2.44. The van der Waals surface area contributed by atoms with Crippen LogP contribution in [0.1, 0.15) is 5.56 Å². The van der Waals surface area contributed by atoms with Crippen LogP contribution in [0.25, 0.3) is 11.3 Å². The van der Waals surface area contributed by atoms with Crippen molar-refractivity contribution >= 4 is 0 Å². The Morgan fingerprint density at radius 3 is 2.85 bits per heavy atom. The van der Waals surface area contributed by atoms with Crippen LogP contribution >= 0.6 is 0 Å². The lowest BCUT2D eigenvalue weighted by atomic mass is 10.1. The van der Waals surface area contributed by atoms with Crippen LogP contribution in [-0.2, 0) is 6.54 Å². The summed E-state index contributed by atoms with van der Waals surface area (Å²) < 4.78 is 2.26. The van der Waals surface area contributed by atoms with Crippen LogP contribution in [-0.4, -0.2) is 47.2 Å². The van der Waals surface area contributed by atoms with E-state index in [9.17, 15) is 0 Å². The predicted molar refractivity (Wildman–Crippen MR) is 81.7 cm³/mol. The van der Waals surface area contributed by atoms with Gasteiger partial charge in [0.2, 0.25) is 0 Å². The number of aromatic nitrogens is 2. The zero-order valence-corrected chi connectivity index (χ0v) is 12.0. The summed E-state index contributed by atoms with van der Waals surface area (Å²) >= 11 is 0. The van der Waals surface area contributed by atoms with Gasteiger partial charge in [-0.15, -0.1) is 0 Å². The van der Waals surface area contributed by atoms with Gasteiger partial charge in [-0.1, -0.05) is 23.8 Å². The van der Waals surface area contributed by atoms with E-state index in [0.29, 0.717) is 0 Å². The van der Waals surface area contributed by atoms with Gasteiger partial charge >= 0.3 is 0 Å². The van der Waals surface area contributed by atoms with Gasteiger partial charge in [-0.05, 0) is 13.0 Å². The minimum atomic E-state index is 1.00. The Morgan fingerprint density at radius 2 is 2.05 bits per heavy atom. The average molecular weight is 270 g/mol. The molecule has 0 aliphatic carbocycles.